The summed E-state index contributed by atoms with van der Waals surface area (Å²) in [5, 5.41) is 1.93. The first kappa shape index (κ1) is 13.7. The second-order valence-electron chi connectivity index (χ2n) is 5.22. The normalized spacial score (nSPS) is 12.0. The summed E-state index contributed by atoms with van der Waals surface area (Å²) in [7, 11) is 0. The molecule has 0 fully saturated rings. The highest BCUT2D eigenvalue weighted by molar-refractivity contribution is 8.01. The van der Waals surface area contributed by atoms with Crippen LogP contribution >= 0.6 is 23.1 Å². The third-order valence-electron chi connectivity index (χ3n) is 3.86. The molecule has 0 atom stereocenters. The number of hydrogen-bond acceptors (Lipinski definition) is 4. The Labute approximate surface area is 137 Å². The van der Waals surface area contributed by atoms with E-state index in [1.807, 2.05) is 17.5 Å². The third-order valence-corrected chi connectivity index (χ3v) is 5.82. The van der Waals surface area contributed by atoms with Gasteiger partial charge in [0.15, 0.2) is 5.78 Å². The van der Waals surface area contributed by atoms with E-state index in [4.69, 9.17) is 0 Å². The molecule has 4 heteroatoms. The van der Waals surface area contributed by atoms with Gasteiger partial charge in [0.25, 0.3) is 0 Å². The van der Waals surface area contributed by atoms with Crippen molar-refractivity contribution in [1.82, 2.24) is 4.98 Å². The molecule has 1 aliphatic carbocycles. The Morgan fingerprint density at radius 3 is 2.86 bits per heavy atom. The summed E-state index contributed by atoms with van der Waals surface area (Å²) >= 11 is 3.08. The van der Waals surface area contributed by atoms with E-state index in [1.165, 1.54) is 34.0 Å². The molecule has 4 rings (SSSR count). The second-order valence-corrected chi connectivity index (χ2v) is 7.33. The fourth-order valence-corrected chi connectivity index (χ4v) is 4.32. The highest BCUT2D eigenvalue weighted by atomic mass is 32.2. The lowest BCUT2D eigenvalue weighted by Gasteiger charge is -2.05. The van der Waals surface area contributed by atoms with Gasteiger partial charge in [-0.25, -0.2) is 4.98 Å². The van der Waals surface area contributed by atoms with E-state index in [2.05, 4.69) is 35.3 Å². The third kappa shape index (κ3) is 2.49. The highest BCUT2D eigenvalue weighted by Gasteiger charge is 2.19. The lowest BCUT2D eigenvalue weighted by atomic mass is 10.0. The van der Waals surface area contributed by atoms with Crippen LogP contribution in [0.5, 0.6) is 0 Å². The predicted molar refractivity (Wildman–Crippen MR) is 91.9 cm³/mol. The number of ketones is 1. The number of fused-ring (bicyclic) bond motifs is 3. The summed E-state index contributed by atoms with van der Waals surface area (Å²) in [5.74, 6) is 0.598. The van der Waals surface area contributed by atoms with Crippen LogP contribution in [0.2, 0.25) is 0 Å². The van der Waals surface area contributed by atoms with Gasteiger partial charge in [0, 0.05) is 17.1 Å². The zero-order chi connectivity index (χ0) is 14.9. The molecule has 0 radical (unpaired) electrons. The van der Waals surface area contributed by atoms with Crippen molar-refractivity contribution in [3.63, 3.8) is 0 Å². The molecule has 108 valence electrons. The van der Waals surface area contributed by atoms with Crippen molar-refractivity contribution < 1.29 is 4.79 Å². The summed E-state index contributed by atoms with van der Waals surface area (Å²) in [6.45, 7) is 0. The first-order chi connectivity index (χ1) is 10.8. The van der Waals surface area contributed by atoms with Gasteiger partial charge in [-0.3, -0.25) is 4.79 Å². The molecule has 0 unspecified atom stereocenters. The van der Waals surface area contributed by atoms with Gasteiger partial charge >= 0.3 is 0 Å². The molecule has 3 aromatic rings. The van der Waals surface area contributed by atoms with Crippen molar-refractivity contribution in [3.05, 3.63) is 70.7 Å². The first-order valence-electron chi connectivity index (χ1n) is 7.08. The summed E-state index contributed by atoms with van der Waals surface area (Å²) in [6.07, 6.45) is 2.73. The summed E-state index contributed by atoms with van der Waals surface area (Å²) < 4.78 is 0.944. The number of aromatic nitrogens is 1. The van der Waals surface area contributed by atoms with Crippen LogP contribution in [0.3, 0.4) is 0 Å². The van der Waals surface area contributed by atoms with E-state index in [0.717, 1.165) is 16.3 Å². The number of rotatable bonds is 4. The van der Waals surface area contributed by atoms with Crippen LogP contribution < -0.4 is 0 Å². The van der Waals surface area contributed by atoms with Crippen molar-refractivity contribution in [2.24, 2.45) is 0 Å². The maximum atomic E-state index is 12.4. The monoisotopic (exact) mass is 323 g/mol. The van der Waals surface area contributed by atoms with Crippen LogP contribution in [0.4, 0.5) is 0 Å². The average Bonchev–Trinajstić information content (AvgIpc) is 3.19. The molecule has 1 aromatic heterocycles. The van der Waals surface area contributed by atoms with E-state index in [1.54, 1.807) is 17.5 Å². The molecule has 0 bridgehead atoms. The SMILES string of the molecule is O=C(CSc1nccs1)c1ccc2c(c1)-c1ccccc1C2. The van der Waals surface area contributed by atoms with Gasteiger partial charge in [-0.15, -0.1) is 11.3 Å². The van der Waals surface area contributed by atoms with Crippen LogP contribution in [-0.2, 0) is 6.42 Å². The quantitative estimate of drug-likeness (QED) is 0.403. The van der Waals surface area contributed by atoms with Crippen molar-refractivity contribution in [1.29, 1.82) is 0 Å². The molecule has 0 N–H and O–H groups in total. The molecule has 22 heavy (non-hydrogen) atoms. The number of thioether (sulfide) groups is 1. The molecule has 0 spiro atoms. The summed E-state index contributed by atoms with van der Waals surface area (Å²) in [5.41, 5.74) is 5.92. The Morgan fingerprint density at radius 2 is 2.00 bits per heavy atom. The van der Waals surface area contributed by atoms with Crippen LogP contribution in [0.25, 0.3) is 11.1 Å². The van der Waals surface area contributed by atoms with Crippen LogP contribution in [0, 0.1) is 0 Å². The van der Waals surface area contributed by atoms with Crippen molar-refractivity contribution >= 4 is 28.9 Å². The smallest absolute Gasteiger partial charge is 0.173 e. The molecule has 2 aromatic carbocycles. The minimum Gasteiger partial charge on any atom is -0.293 e. The molecular formula is C18H13NOS2. The van der Waals surface area contributed by atoms with Crippen molar-refractivity contribution in [2.75, 3.05) is 5.75 Å². The minimum atomic E-state index is 0.160. The van der Waals surface area contributed by atoms with Gasteiger partial charge < -0.3 is 0 Å². The molecular weight excluding hydrogens is 310 g/mol. The van der Waals surface area contributed by atoms with Gasteiger partial charge in [-0.05, 0) is 34.7 Å². The van der Waals surface area contributed by atoms with E-state index < -0.39 is 0 Å². The predicted octanol–water partition coefficient (Wildman–Crippen LogP) is 4.69. The molecule has 0 saturated heterocycles. The van der Waals surface area contributed by atoms with Gasteiger partial charge in [-0.2, -0.15) is 0 Å². The zero-order valence-corrected chi connectivity index (χ0v) is 13.4. The van der Waals surface area contributed by atoms with Crippen LogP contribution in [0.1, 0.15) is 21.5 Å². The van der Waals surface area contributed by atoms with Crippen molar-refractivity contribution in [2.45, 2.75) is 10.8 Å². The lowest BCUT2D eigenvalue weighted by molar-refractivity contribution is 0.102. The number of carbonyl (C=O) groups excluding carboxylic acids is 1. The maximum absolute atomic E-state index is 12.4. The summed E-state index contributed by atoms with van der Waals surface area (Å²) in [6, 6.07) is 14.5. The van der Waals surface area contributed by atoms with E-state index in [-0.39, 0.29) is 5.78 Å². The molecule has 0 amide bonds. The number of nitrogens with zero attached hydrogens (tertiary/aromatic N) is 1. The van der Waals surface area contributed by atoms with E-state index in [0.29, 0.717) is 5.75 Å². The minimum absolute atomic E-state index is 0.160. The number of carbonyl (C=O) groups is 1. The number of thiazole rings is 1. The second kappa shape index (κ2) is 5.71. The Morgan fingerprint density at radius 1 is 1.14 bits per heavy atom. The van der Waals surface area contributed by atoms with E-state index in [9.17, 15) is 4.79 Å². The number of hydrogen-bond donors (Lipinski definition) is 0. The number of benzene rings is 2. The molecule has 1 heterocycles. The molecule has 2 nitrogen and oxygen atoms in total. The van der Waals surface area contributed by atoms with Crippen LogP contribution in [0.15, 0.2) is 58.4 Å². The zero-order valence-electron chi connectivity index (χ0n) is 11.8. The fraction of sp³-hybridized carbons (Fsp3) is 0.111. The van der Waals surface area contributed by atoms with Gasteiger partial charge in [0.2, 0.25) is 0 Å². The largest absolute Gasteiger partial charge is 0.293 e. The van der Waals surface area contributed by atoms with Gasteiger partial charge in [-0.1, -0.05) is 48.2 Å². The van der Waals surface area contributed by atoms with Gasteiger partial charge in [0.1, 0.15) is 4.34 Å². The molecule has 1 aliphatic rings. The molecule has 0 aliphatic heterocycles. The Kier molecular flexibility index (Phi) is 3.56. The van der Waals surface area contributed by atoms with Crippen LogP contribution in [-0.4, -0.2) is 16.5 Å². The Hall–Kier alpha value is -1.91. The van der Waals surface area contributed by atoms with Gasteiger partial charge in [0.05, 0.1) is 5.75 Å². The lowest BCUT2D eigenvalue weighted by Crippen LogP contribution is -2.02. The number of Topliss-reactive ketones (excluding diaryl/α,β-unsaturated/α-hetero) is 1. The average molecular weight is 323 g/mol. The fourth-order valence-electron chi connectivity index (χ4n) is 2.79. The van der Waals surface area contributed by atoms with E-state index >= 15 is 0 Å². The summed E-state index contributed by atoms with van der Waals surface area (Å²) in [4.78, 5) is 16.6. The maximum Gasteiger partial charge on any atom is 0.173 e. The molecule has 0 saturated carbocycles. The highest BCUT2D eigenvalue weighted by Crippen LogP contribution is 2.37. The Bertz CT molecular complexity index is 840. The first-order valence-corrected chi connectivity index (χ1v) is 8.94. The Balaban J connectivity index is 1.58. The standard InChI is InChI=1S/C18H13NOS2/c20-17(11-22-18-19-7-8-21-18)14-6-5-13-9-12-3-1-2-4-15(12)16(13)10-14/h1-8,10H,9,11H2. The van der Waals surface area contributed by atoms with Crippen molar-refractivity contribution in [3.8, 4) is 11.1 Å². The topological polar surface area (TPSA) is 30.0 Å².